The fourth-order valence-corrected chi connectivity index (χ4v) is 2.64. The monoisotopic (exact) mass is 268 g/mol. The highest BCUT2D eigenvalue weighted by molar-refractivity contribution is 5.37. The molecule has 2 rings (SSSR count). The van der Waals surface area contributed by atoms with E-state index in [4.69, 9.17) is 0 Å². The van der Waals surface area contributed by atoms with E-state index in [1.165, 1.54) is 28.7 Å². The van der Waals surface area contributed by atoms with Gasteiger partial charge in [-0.3, -0.25) is 4.98 Å². The summed E-state index contributed by atoms with van der Waals surface area (Å²) in [5.74, 6) is 0. The number of benzene rings is 1. The van der Waals surface area contributed by atoms with Crippen LogP contribution in [-0.4, -0.2) is 11.5 Å². The van der Waals surface area contributed by atoms with Gasteiger partial charge in [0.25, 0.3) is 0 Å². The summed E-state index contributed by atoms with van der Waals surface area (Å²) < 4.78 is 0. The Morgan fingerprint density at radius 3 is 2.75 bits per heavy atom. The molecule has 0 aliphatic rings. The molecule has 0 saturated carbocycles. The molecule has 0 spiro atoms. The lowest BCUT2D eigenvalue weighted by Gasteiger charge is -2.21. The predicted molar refractivity (Wildman–Crippen MR) is 84.9 cm³/mol. The lowest BCUT2D eigenvalue weighted by Crippen LogP contribution is -2.23. The van der Waals surface area contributed by atoms with Gasteiger partial charge in [0, 0.05) is 12.4 Å². The zero-order chi connectivity index (χ0) is 14.4. The summed E-state index contributed by atoms with van der Waals surface area (Å²) in [6.45, 7) is 7.45. The maximum absolute atomic E-state index is 4.20. The molecule has 2 heteroatoms. The molecule has 0 amide bonds. The first-order chi connectivity index (χ1) is 9.76. The Morgan fingerprint density at radius 2 is 2.05 bits per heavy atom. The largest absolute Gasteiger partial charge is 0.307 e. The third kappa shape index (κ3) is 3.45. The van der Waals surface area contributed by atoms with Crippen molar-refractivity contribution < 1.29 is 0 Å². The van der Waals surface area contributed by atoms with Gasteiger partial charge in [-0.15, -0.1) is 0 Å². The normalized spacial score (nSPS) is 12.3. The molecule has 0 bridgehead atoms. The summed E-state index contributed by atoms with van der Waals surface area (Å²) in [5, 5.41) is 3.60. The van der Waals surface area contributed by atoms with Crippen LogP contribution in [-0.2, 0) is 6.42 Å². The number of pyridine rings is 1. The van der Waals surface area contributed by atoms with Crippen molar-refractivity contribution >= 4 is 0 Å². The number of nitrogens with one attached hydrogen (secondary N) is 1. The van der Waals surface area contributed by atoms with Crippen LogP contribution in [0.3, 0.4) is 0 Å². The van der Waals surface area contributed by atoms with Crippen LogP contribution in [0.25, 0.3) is 0 Å². The van der Waals surface area contributed by atoms with Gasteiger partial charge in [-0.2, -0.15) is 0 Å². The Morgan fingerprint density at radius 1 is 1.20 bits per heavy atom. The van der Waals surface area contributed by atoms with Crippen LogP contribution in [0.1, 0.15) is 48.6 Å². The van der Waals surface area contributed by atoms with Crippen molar-refractivity contribution in [3.05, 3.63) is 65.0 Å². The van der Waals surface area contributed by atoms with Crippen LogP contribution >= 0.6 is 0 Å². The molecule has 20 heavy (non-hydrogen) atoms. The number of hydrogen-bond donors (Lipinski definition) is 1. The average molecular weight is 268 g/mol. The lowest BCUT2D eigenvalue weighted by atomic mass is 9.94. The first-order valence-corrected chi connectivity index (χ1v) is 7.49. The second kappa shape index (κ2) is 7.20. The van der Waals surface area contributed by atoms with Crippen LogP contribution in [0, 0.1) is 6.92 Å². The molecule has 0 radical (unpaired) electrons. The molecule has 2 aromatic rings. The van der Waals surface area contributed by atoms with Crippen molar-refractivity contribution in [2.75, 3.05) is 6.54 Å². The summed E-state index contributed by atoms with van der Waals surface area (Å²) in [4.78, 5) is 4.20. The van der Waals surface area contributed by atoms with Gasteiger partial charge in [0.1, 0.15) is 0 Å². The van der Waals surface area contributed by atoms with E-state index in [-0.39, 0.29) is 6.04 Å². The van der Waals surface area contributed by atoms with Crippen molar-refractivity contribution in [2.45, 2.75) is 39.7 Å². The van der Waals surface area contributed by atoms with Gasteiger partial charge in [-0.25, -0.2) is 0 Å². The minimum atomic E-state index is 0.250. The quantitative estimate of drug-likeness (QED) is 0.855. The first kappa shape index (κ1) is 14.7. The third-order valence-electron chi connectivity index (χ3n) is 3.61. The number of nitrogens with zero attached hydrogens (tertiary/aromatic N) is 1. The SMILES string of the molecule is CCCc1cccc(C(NCC)c2ccncc2C)c1. The van der Waals surface area contributed by atoms with E-state index in [0.29, 0.717) is 0 Å². The second-order valence-corrected chi connectivity index (χ2v) is 5.22. The van der Waals surface area contributed by atoms with E-state index >= 15 is 0 Å². The van der Waals surface area contributed by atoms with Crippen molar-refractivity contribution in [3.63, 3.8) is 0 Å². The summed E-state index contributed by atoms with van der Waals surface area (Å²) in [6.07, 6.45) is 6.14. The highest BCUT2D eigenvalue weighted by Gasteiger charge is 2.15. The van der Waals surface area contributed by atoms with Crippen molar-refractivity contribution in [2.24, 2.45) is 0 Å². The molecule has 1 aromatic heterocycles. The minimum Gasteiger partial charge on any atom is -0.307 e. The molecule has 2 nitrogen and oxygen atoms in total. The zero-order valence-electron chi connectivity index (χ0n) is 12.7. The van der Waals surface area contributed by atoms with Gasteiger partial charge >= 0.3 is 0 Å². The van der Waals surface area contributed by atoms with Crippen molar-refractivity contribution in [3.8, 4) is 0 Å². The summed E-state index contributed by atoms with van der Waals surface area (Å²) in [5.41, 5.74) is 5.31. The van der Waals surface area contributed by atoms with Gasteiger partial charge in [0.2, 0.25) is 0 Å². The summed E-state index contributed by atoms with van der Waals surface area (Å²) in [7, 11) is 0. The van der Waals surface area contributed by atoms with Gasteiger partial charge in [0.15, 0.2) is 0 Å². The number of aryl methyl sites for hydroxylation is 2. The number of aromatic nitrogens is 1. The molecule has 0 fully saturated rings. The van der Waals surface area contributed by atoms with E-state index in [1.54, 1.807) is 0 Å². The molecule has 1 unspecified atom stereocenters. The second-order valence-electron chi connectivity index (χ2n) is 5.22. The molecule has 1 aromatic carbocycles. The van der Waals surface area contributed by atoms with Crippen LogP contribution in [0.15, 0.2) is 42.7 Å². The smallest absolute Gasteiger partial charge is 0.0580 e. The average Bonchev–Trinajstić information content (AvgIpc) is 2.46. The standard InChI is InChI=1S/C18H24N2/c1-4-7-15-8-6-9-16(12-15)18(20-5-2)17-10-11-19-13-14(17)3/h6,8-13,18,20H,4-5,7H2,1-3H3. The van der Waals surface area contributed by atoms with Gasteiger partial charge in [-0.05, 0) is 48.2 Å². The molecule has 1 heterocycles. The molecular weight excluding hydrogens is 244 g/mol. The highest BCUT2D eigenvalue weighted by atomic mass is 14.9. The van der Waals surface area contributed by atoms with Crippen LogP contribution in [0.2, 0.25) is 0 Å². The van der Waals surface area contributed by atoms with Gasteiger partial charge in [-0.1, -0.05) is 44.5 Å². The van der Waals surface area contributed by atoms with Crippen LogP contribution < -0.4 is 5.32 Å². The van der Waals surface area contributed by atoms with Gasteiger partial charge in [0.05, 0.1) is 6.04 Å². The molecule has 1 atom stereocenters. The van der Waals surface area contributed by atoms with E-state index in [9.17, 15) is 0 Å². The van der Waals surface area contributed by atoms with E-state index < -0.39 is 0 Å². The molecular formula is C18H24N2. The Hall–Kier alpha value is -1.67. The van der Waals surface area contributed by atoms with Crippen molar-refractivity contribution in [1.82, 2.24) is 10.3 Å². The minimum absolute atomic E-state index is 0.250. The maximum atomic E-state index is 4.20. The summed E-state index contributed by atoms with van der Waals surface area (Å²) in [6, 6.07) is 11.3. The summed E-state index contributed by atoms with van der Waals surface area (Å²) >= 11 is 0. The zero-order valence-corrected chi connectivity index (χ0v) is 12.7. The molecule has 0 aliphatic heterocycles. The topological polar surface area (TPSA) is 24.9 Å². The third-order valence-corrected chi connectivity index (χ3v) is 3.61. The van der Waals surface area contributed by atoms with E-state index in [2.05, 4.69) is 61.4 Å². The Balaban J connectivity index is 2.38. The van der Waals surface area contributed by atoms with Crippen molar-refractivity contribution in [1.29, 1.82) is 0 Å². The molecule has 1 N–H and O–H groups in total. The predicted octanol–water partition coefficient (Wildman–Crippen LogP) is 4.04. The van der Waals surface area contributed by atoms with Crippen LogP contribution in [0.5, 0.6) is 0 Å². The number of hydrogen-bond acceptors (Lipinski definition) is 2. The Bertz CT molecular complexity index is 549. The molecule has 0 aliphatic carbocycles. The van der Waals surface area contributed by atoms with E-state index in [1.807, 2.05) is 12.4 Å². The first-order valence-electron chi connectivity index (χ1n) is 7.49. The Labute approximate surface area is 122 Å². The Kier molecular flexibility index (Phi) is 5.31. The fourth-order valence-electron chi connectivity index (χ4n) is 2.64. The van der Waals surface area contributed by atoms with Gasteiger partial charge < -0.3 is 5.32 Å². The fraction of sp³-hybridized carbons (Fsp3) is 0.389. The lowest BCUT2D eigenvalue weighted by molar-refractivity contribution is 0.626. The molecule has 106 valence electrons. The number of rotatable bonds is 6. The highest BCUT2D eigenvalue weighted by Crippen LogP contribution is 2.25. The molecule has 0 saturated heterocycles. The van der Waals surface area contributed by atoms with Crippen LogP contribution in [0.4, 0.5) is 0 Å². The maximum Gasteiger partial charge on any atom is 0.0580 e. The van der Waals surface area contributed by atoms with E-state index in [0.717, 1.165) is 13.0 Å².